The molecule has 78 valence electrons. The Balaban J connectivity index is 2.68. The number of anilines is 1. The van der Waals surface area contributed by atoms with Gasteiger partial charge in [-0.3, -0.25) is 0 Å². The van der Waals surface area contributed by atoms with Crippen molar-refractivity contribution >= 4 is 37.7 Å². The molecule has 1 aromatic rings. The molecule has 1 rings (SSSR count). The first-order valence-corrected chi connectivity index (χ1v) is 5.74. The average Bonchev–Trinajstić information content (AvgIpc) is 2.00. The molecule has 0 aliphatic rings. The number of aliphatic hydroxyl groups is 1. The zero-order chi connectivity index (χ0) is 10.8. The monoisotopic (exact) mass is 322 g/mol. The van der Waals surface area contributed by atoms with Crippen LogP contribution in [0, 0.1) is 0 Å². The molecule has 0 saturated heterocycles. The summed E-state index contributed by atoms with van der Waals surface area (Å²) in [4.78, 5) is 4.16. The second-order valence-electron chi connectivity index (χ2n) is 3.65. The number of hydrogen-bond acceptors (Lipinski definition) is 3. The van der Waals surface area contributed by atoms with Gasteiger partial charge in [0.05, 0.1) is 10.1 Å². The highest BCUT2D eigenvalue weighted by Gasteiger charge is 2.12. The Kier molecular flexibility index (Phi) is 3.92. The van der Waals surface area contributed by atoms with Crippen LogP contribution in [-0.2, 0) is 0 Å². The lowest BCUT2D eigenvalue weighted by atomic mass is 10.1. The summed E-state index contributed by atoms with van der Waals surface area (Å²) in [5, 5.41) is 12.6. The van der Waals surface area contributed by atoms with Crippen molar-refractivity contribution in [1.82, 2.24) is 4.98 Å². The zero-order valence-corrected chi connectivity index (χ0v) is 11.2. The Morgan fingerprint density at radius 3 is 2.64 bits per heavy atom. The molecule has 1 aromatic heterocycles. The summed E-state index contributed by atoms with van der Waals surface area (Å²) in [6, 6.07) is 1.90. The van der Waals surface area contributed by atoms with Gasteiger partial charge in [-0.25, -0.2) is 4.98 Å². The first-order valence-electron chi connectivity index (χ1n) is 4.16. The Labute approximate surface area is 100 Å². The highest BCUT2D eigenvalue weighted by Crippen LogP contribution is 2.23. The summed E-state index contributed by atoms with van der Waals surface area (Å²) < 4.78 is 1.79. The van der Waals surface area contributed by atoms with Gasteiger partial charge in [0.15, 0.2) is 0 Å². The zero-order valence-electron chi connectivity index (χ0n) is 8.01. The van der Waals surface area contributed by atoms with Crippen molar-refractivity contribution in [2.45, 2.75) is 19.4 Å². The topological polar surface area (TPSA) is 45.1 Å². The van der Waals surface area contributed by atoms with Gasteiger partial charge in [0.25, 0.3) is 0 Å². The normalized spacial score (nSPS) is 11.5. The number of pyridine rings is 1. The van der Waals surface area contributed by atoms with Crippen LogP contribution in [0.1, 0.15) is 13.8 Å². The van der Waals surface area contributed by atoms with E-state index in [4.69, 9.17) is 0 Å². The van der Waals surface area contributed by atoms with Crippen molar-refractivity contribution in [2.75, 3.05) is 11.9 Å². The predicted octanol–water partition coefficient (Wildman–Crippen LogP) is 2.79. The van der Waals surface area contributed by atoms with Crippen molar-refractivity contribution < 1.29 is 5.11 Å². The van der Waals surface area contributed by atoms with Crippen LogP contribution in [0.3, 0.4) is 0 Å². The van der Waals surface area contributed by atoms with Crippen LogP contribution in [-0.4, -0.2) is 22.2 Å². The van der Waals surface area contributed by atoms with Crippen LogP contribution in [0.25, 0.3) is 0 Å². The number of hydrogen-bond donors (Lipinski definition) is 2. The smallest absolute Gasteiger partial charge is 0.140 e. The quantitative estimate of drug-likeness (QED) is 0.899. The van der Waals surface area contributed by atoms with E-state index < -0.39 is 5.60 Å². The molecular weight excluding hydrogens is 312 g/mol. The summed E-state index contributed by atoms with van der Waals surface area (Å²) in [5.74, 6) is 0.732. The van der Waals surface area contributed by atoms with Crippen LogP contribution in [0.2, 0.25) is 0 Å². The van der Waals surface area contributed by atoms with E-state index >= 15 is 0 Å². The summed E-state index contributed by atoms with van der Waals surface area (Å²) in [6.45, 7) is 3.94. The van der Waals surface area contributed by atoms with Crippen LogP contribution in [0.4, 0.5) is 5.82 Å². The minimum atomic E-state index is -0.742. The summed E-state index contributed by atoms with van der Waals surface area (Å²) in [6.07, 6.45) is 1.71. The Morgan fingerprint density at radius 2 is 2.14 bits per heavy atom. The minimum absolute atomic E-state index is 0.459. The van der Waals surface area contributed by atoms with Crippen LogP contribution < -0.4 is 5.32 Å². The van der Waals surface area contributed by atoms with Gasteiger partial charge in [-0.15, -0.1) is 0 Å². The van der Waals surface area contributed by atoms with E-state index in [0.717, 1.165) is 14.8 Å². The van der Waals surface area contributed by atoms with Crippen molar-refractivity contribution in [2.24, 2.45) is 0 Å². The predicted molar refractivity (Wildman–Crippen MR) is 64.4 cm³/mol. The van der Waals surface area contributed by atoms with Crippen molar-refractivity contribution in [3.8, 4) is 0 Å². The number of rotatable bonds is 3. The molecule has 5 heteroatoms. The molecule has 0 saturated carbocycles. The molecule has 0 spiro atoms. The Morgan fingerprint density at radius 1 is 1.50 bits per heavy atom. The fraction of sp³-hybridized carbons (Fsp3) is 0.444. The summed E-state index contributed by atoms with van der Waals surface area (Å²) in [7, 11) is 0. The van der Waals surface area contributed by atoms with Crippen LogP contribution in [0.15, 0.2) is 21.2 Å². The third kappa shape index (κ3) is 3.94. The number of nitrogens with zero attached hydrogens (tertiary/aromatic N) is 1. The standard InChI is InChI=1S/C9H12Br2N2O/c1-9(2,14)5-13-8-7(11)3-6(10)4-12-8/h3-4,14H,5H2,1-2H3,(H,12,13). The molecule has 2 N–H and O–H groups in total. The molecule has 0 aliphatic heterocycles. The van der Waals surface area contributed by atoms with E-state index in [1.807, 2.05) is 6.07 Å². The molecule has 0 aliphatic carbocycles. The molecule has 0 aromatic carbocycles. The third-order valence-corrected chi connectivity index (χ3v) is 2.53. The second kappa shape index (κ2) is 4.59. The lowest BCUT2D eigenvalue weighted by Gasteiger charge is -2.18. The van der Waals surface area contributed by atoms with Gasteiger partial charge in [0.2, 0.25) is 0 Å². The first kappa shape index (κ1) is 11.9. The third-order valence-electron chi connectivity index (χ3n) is 1.50. The largest absolute Gasteiger partial charge is 0.389 e. The maximum atomic E-state index is 9.51. The Bertz CT molecular complexity index is 323. The molecular formula is C9H12Br2N2O. The SMILES string of the molecule is CC(C)(O)CNc1ncc(Br)cc1Br. The van der Waals surface area contributed by atoms with Gasteiger partial charge in [0.1, 0.15) is 5.82 Å². The second-order valence-corrected chi connectivity index (χ2v) is 5.42. The first-order chi connectivity index (χ1) is 6.38. The van der Waals surface area contributed by atoms with Gasteiger partial charge in [-0.1, -0.05) is 0 Å². The molecule has 3 nitrogen and oxygen atoms in total. The molecule has 0 radical (unpaired) electrons. The van der Waals surface area contributed by atoms with E-state index in [9.17, 15) is 5.11 Å². The fourth-order valence-electron chi connectivity index (χ4n) is 0.845. The lowest BCUT2D eigenvalue weighted by molar-refractivity contribution is 0.0944. The van der Waals surface area contributed by atoms with Gasteiger partial charge >= 0.3 is 0 Å². The maximum absolute atomic E-state index is 9.51. The molecule has 14 heavy (non-hydrogen) atoms. The van der Waals surface area contributed by atoms with Gasteiger partial charge in [0, 0.05) is 17.2 Å². The molecule has 0 unspecified atom stereocenters. The highest BCUT2D eigenvalue weighted by molar-refractivity contribution is 9.11. The van der Waals surface area contributed by atoms with Crippen molar-refractivity contribution in [1.29, 1.82) is 0 Å². The Hall–Kier alpha value is -0.130. The minimum Gasteiger partial charge on any atom is -0.389 e. The molecule has 0 amide bonds. The van der Waals surface area contributed by atoms with E-state index in [0.29, 0.717) is 6.54 Å². The van der Waals surface area contributed by atoms with E-state index in [1.54, 1.807) is 20.0 Å². The maximum Gasteiger partial charge on any atom is 0.140 e. The fourth-order valence-corrected chi connectivity index (χ4v) is 1.97. The van der Waals surface area contributed by atoms with Crippen LogP contribution >= 0.6 is 31.9 Å². The van der Waals surface area contributed by atoms with Gasteiger partial charge in [-0.05, 0) is 51.8 Å². The molecule has 1 heterocycles. The van der Waals surface area contributed by atoms with E-state index in [1.165, 1.54) is 0 Å². The van der Waals surface area contributed by atoms with Gasteiger partial charge < -0.3 is 10.4 Å². The lowest BCUT2D eigenvalue weighted by Crippen LogP contribution is -2.29. The molecule has 0 atom stereocenters. The molecule has 0 fully saturated rings. The highest BCUT2D eigenvalue weighted by atomic mass is 79.9. The molecule has 0 bridgehead atoms. The van der Waals surface area contributed by atoms with E-state index in [-0.39, 0.29) is 0 Å². The van der Waals surface area contributed by atoms with Crippen molar-refractivity contribution in [3.05, 3.63) is 21.2 Å². The summed E-state index contributed by atoms with van der Waals surface area (Å²) in [5.41, 5.74) is -0.742. The van der Waals surface area contributed by atoms with Crippen LogP contribution in [0.5, 0.6) is 0 Å². The average molecular weight is 324 g/mol. The van der Waals surface area contributed by atoms with E-state index in [2.05, 4.69) is 42.2 Å². The number of aromatic nitrogens is 1. The number of halogens is 2. The van der Waals surface area contributed by atoms with Gasteiger partial charge in [-0.2, -0.15) is 0 Å². The van der Waals surface area contributed by atoms with Crippen molar-refractivity contribution in [3.63, 3.8) is 0 Å². The number of nitrogens with one attached hydrogen (secondary N) is 1. The summed E-state index contributed by atoms with van der Waals surface area (Å²) >= 11 is 6.70.